The van der Waals surface area contributed by atoms with Gasteiger partial charge in [-0.15, -0.1) is 0 Å². The van der Waals surface area contributed by atoms with Crippen LogP contribution in [0, 0.1) is 18.7 Å². The standard InChI is InChI=1S/C18H23FO2/c1-13-5-6-15(16(19)11-13)17(20)14-7-10-21-18(12-14)8-3-2-4-9-18/h5-6,11,14H,2-4,7-10,12H2,1H3. The molecule has 0 N–H and O–H groups in total. The summed E-state index contributed by atoms with van der Waals surface area (Å²) in [6.45, 7) is 2.46. The molecule has 0 bridgehead atoms. The summed E-state index contributed by atoms with van der Waals surface area (Å²) >= 11 is 0. The van der Waals surface area contributed by atoms with Gasteiger partial charge in [-0.2, -0.15) is 0 Å². The van der Waals surface area contributed by atoms with Gasteiger partial charge in [0.25, 0.3) is 0 Å². The van der Waals surface area contributed by atoms with Crippen molar-refractivity contribution in [3.63, 3.8) is 0 Å². The van der Waals surface area contributed by atoms with E-state index in [1.54, 1.807) is 6.07 Å². The number of ether oxygens (including phenoxy) is 1. The molecule has 2 nitrogen and oxygen atoms in total. The molecule has 0 amide bonds. The lowest BCUT2D eigenvalue weighted by molar-refractivity contribution is -0.111. The van der Waals surface area contributed by atoms with Gasteiger partial charge in [0, 0.05) is 12.5 Å². The van der Waals surface area contributed by atoms with Crippen molar-refractivity contribution >= 4 is 5.78 Å². The van der Waals surface area contributed by atoms with Crippen molar-refractivity contribution in [2.75, 3.05) is 6.61 Å². The molecule has 114 valence electrons. The van der Waals surface area contributed by atoms with Crippen LogP contribution in [0.25, 0.3) is 0 Å². The molecule has 21 heavy (non-hydrogen) atoms. The molecule has 1 aromatic carbocycles. The lowest BCUT2D eigenvalue weighted by Crippen LogP contribution is -2.43. The topological polar surface area (TPSA) is 26.3 Å². The summed E-state index contributed by atoms with van der Waals surface area (Å²) in [5.41, 5.74) is 0.982. The fourth-order valence-corrected chi connectivity index (χ4v) is 3.84. The SMILES string of the molecule is Cc1ccc(C(=O)C2CCOC3(CCCCC3)C2)c(F)c1. The Morgan fingerprint density at radius 2 is 2.05 bits per heavy atom. The monoisotopic (exact) mass is 290 g/mol. The maximum atomic E-state index is 14.0. The molecular formula is C18H23FO2. The molecule has 0 aromatic heterocycles. The summed E-state index contributed by atoms with van der Waals surface area (Å²) in [6, 6.07) is 4.89. The summed E-state index contributed by atoms with van der Waals surface area (Å²) < 4.78 is 20.1. The first kappa shape index (κ1) is 14.7. The van der Waals surface area contributed by atoms with Crippen LogP contribution in [0.2, 0.25) is 0 Å². The molecule has 1 aromatic rings. The van der Waals surface area contributed by atoms with Crippen LogP contribution >= 0.6 is 0 Å². The number of halogens is 1. The third-order valence-electron chi connectivity index (χ3n) is 5.02. The minimum atomic E-state index is -0.385. The number of carbonyl (C=O) groups is 1. The zero-order valence-electron chi connectivity index (χ0n) is 12.7. The number of hydrogen-bond acceptors (Lipinski definition) is 2. The highest BCUT2D eigenvalue weighted by atomic mass is 19.1. The van der Waals surface area contributed by atoms with Gasteiger partial charge in [0.1, 0.15) is 5.82 Å². The van der Waals surface area contributed by atoms with Gasteiger partial charge in [-0.3, -0.25) is 4.79 Å². The van der Waals surface area contributed by atoms with E-state index in [0.717, 1.165) is 24.8 Å². The Morgan fingerprint density at radius 1 is 1.29 bits per heavy atom. The van der Waals surface area contributed by atoms with Crippen LogP contribution in [0.3, 0.4) is 0 Å². The molecule has 1 saturated carbocycles. The van der Waals surface area contributed by atoms with Crippen molar-refractivity contribution < 1.29 is 13.9 Å². The number of aryl methyl sites for hydroxylation is 1. The smallest absolute Gasteiger partial charge is 0.169 e. The highest BCUT2D eigenvalue weighted by molar-refractivity contribution is 5.98. The van der Waals surface area contributed by atoms with E-state index in [0.29, 0.717) is 13.0 Å². The van der Waals surface area contributed by atoms with Crippen molar-refractivity contribution in [2.24, 2.45) is 5.92 Å². The summed E-state index contributed by atoms with van der Waals surface area (Å²) in [5, 5.41) is 0. The summed E-state index contributed by atoms with van der Waals surface area (Å²) in [4.78, 5) is 12.7. The highest BCUT2D eigenvalue weighted by Gasteiger charge is 2.41. The number of rotatable bonds is 2. The highest BCUT2D eigenvalue weighted by Crippen LogP contribution is 2.41. The van der Waals surface area contributed by atoms with E-state index in [2.05, 4.69) is 0 Å². The summed E-state index contributed by atoms with van der Waals surface area (Å²) in [6.07, 6.45) is 7.20. The first-order chi connectivity index (χ1) is 10.1. The second-order valence-corrected chi connectivity index (χ2v) is 6.63. The molecule has 2 aliphatic rings. The number of carbonyl (C=O) groups excluding carboxylic acids is 1. The van der Waals surface area contributed by atoms with Crippen molar-refractivity contribution in [2.45, 2.75) is 57.5 Å². The molecule has 1 atom stereocenters. The molecular weight excluding hydrogens is 267 g/mol. The molecule has 2 fully saturated rings. The first-order valence-corrected chi connectivity index (χ1v) is 8.04. The molecule has 3 heteroatoms. The van der Waals surface area contributed by atoms with Gasteiger partial charge in [-0.25, -0.2) is 4.39 Å². The van der Waals surface area contributed by atoms with Crippen LogP contribution in [-0.4, -0.2) is 18.0 Å². The van der Waals surface area contributed by atoms with Crippen LogP contribution in [0.15, 0.2) is 18.2 Å². The van der Waals surface area contributed by atoms with E-state index in [1.807, 2.05) is 13.0 Å². The van der Waals surface area contributed by atoms with Crippen LogP contribution in [0.5, 0.6) is 0 Å². The lowest BCUT2D eigenvalue weighted by Gasteiger charge is -2.43. The zero-order chi connectivity index (χ0) is 14.9. The van der Waals surface area contributed by atoms with E-state index in [9.17, 15) is 9.18 Å². The Bertz CT molecular complexity index is 527. The van der Waals surface area contributed by atoms with E-state index < -0.39 is 0 Å². The van der Waals surface area contributed by atoms with Crippen LogP contribution in [0.1, 0.15) is 60.9 Å². The number of ketones is 1. The normalized spacial score (nSPS) is 25.0. The maximum absolute atomic E-state index is 14.0. The van der Waals surface area contributed by atoms with E-state index in [-0.39, 0.29) is 28.7 Å². The van der Waals surface area contributed by atoms with Gasteiger partial charge in [0.2, 0.25) is 0 Å². The minimum Gasteiger partial charge on any atom is -0.375 e. The predicted molar refractivity (Wildman–Crippen MR) is 80.0 cm³/mol. The van der Waals surface area contributed by atoms with E-state index in [1.165, 1.54) is 25.3 Å². The molecule has 1 saturated heterocycles. The Kier molecular flexibility index (Phi) is 4.12. The van der Waals surface area contributed by atoms with Gasteiger partial charge in [0.15, 0.2) is 5.78 Å². The molecule has 0 radical (unpaired) electrons. The fourth-order valence-electron chi connectivity index (χ4n) is 3.84. The van der Waals surface area contributed by atoms with Crippen LogP contribution in [-0.2, 0) is 4.74 Å². The second kappa shape index (κ2) is 5.88. The van der Waals surface area contributed by atoms with Gasteiger partial charge in [0.05, 0.1) is 11.2 Å². The fraction of sp³-hybridized carbons (Fsp3) is 0.611. The van der Waals surface area contributed by atoms with Crippen molar-refractivity contribution in [1.82, 2.24) is 0 Å². The molecule has 1 aliphatic carbocycles. The number of hydrogen-bond donors (Lipinski definition) is 0. The average Bonchev–Trinajstić information content (AvgIpc) is 2.47. The molecule has 1 heterocycles. The number of benzene rings is 1. The van der Waals surface area contributed by atoms with Crippen LogP contribution < -0.4 is 0 Å². The van der Waals surface area contributed by atoms with Gasteiger partial charge in [-0.05, 0) is 50.3 Å². The quantitative estimate of drug-likeness (QED) is 0.752. The Hall–Kier alpha value is -1.22. The Labute approximate surface area is 125 Å². The zero-order valence-corrected chi connectivity index (χ0v) is 12.7. The summed E-state index contributed by atoms with van der Waals surface area (Å²) in [5.74, 6) is -0.515. The average molecular weight is 290 g/mol. The molecule has 1 unspecified atom stereocenters. The van der Waals surface area contributed by atoms with Crippen molar-refractivity contribution in [3.8, 4) is 0 Å². The van der Waals surface area contributed by atoms with Gasteiger partial charge < -0.3 is 4.74 Å². The molecule has 1 aliphatic heterocycles. The maximum Gasteiger partial charge on any atom is 0.169 e. The Morgan fingerprint density at radius 3 is 2.76 bits per heavy atom. The van der Waals surface area contributed by atoms with Crippen molar-refractivity contribution in [3.05, 3.63) is 35.1 Å². The van der Waals surface area contributed by atoms with Gasteiger partial charge >= 0.3 is 0 Å². The Balaban J connectivity index is 1.77. The largest absolute Gasteiger partial charge is 0.375 e. The van der Waals surface area contributed by atoms with Gasteiger partial charge in [-0.1, -0.05) is 25.3 Å². The third-order valence-corrected chi connectivity index (χ3v) is 5.02. The minimum absolute atomic E-state index is 0.0410. The number of Topliss-reactive ketones (excluding diaryl/α,β-unsaturated/α-hetero) is 1. The summed E-state index contributed by atoms with van der Waals surface area (Å²) in [7, 11) is 0. The van der Waals surface area contributed by atoms with E-state index in [4.69, 9.17) is 4.74 Å². The molecule has 1 spiro atoms. The second-order valence-electron chi connectivity index (χ2n) is 6.63. The lowest BCUT2D eigenvalue weighted by atomic mass is 9.74. The van der Waals surface area contributed by atoms with Crippen molar-refractivity contribution in [1.29, 1.82) is 0 Å². The van der Waals surface area contributed by atoms with Crippen LogP contribution in [0.4, 0.5) is 4.39 Å². The third kappa shape index (κ3) is 3.03. The molecule has 3 rings (SSSR count). The van der Waals surface area contributed by atoms with E-state index >= 15 is 0 Å². The first-order valence-electron chi connectivity index (χ1n) is 8.04. The predicted octanol–water partition coefficient (Wildman–Crippen LogP) is 4.45.